The molecule has 0 aromatic heterocycles. The molecule has 20 heavy (non-hydrogen) atoms. The number of carbonyl (C=O) groups is 1. The van der Waals surface area contributed by atoms with E-state index in [4.69, 9.17) is 4.74 Å². The zero-order valence-electron chi connectivity index (χ0n) is 11.6. The molecule has 0 radical (unpaired) electrons. The number of carboxylic acid groups (broad SMARTS) is 1. The molecule has 1 N–H and O–H groups in total. The molecule has 4 nitrogen and oxygen atoms in total. The second kappa shape index (κ2) is 5.83. The number of hydrogen-bond donors (Lipinski definition) is 1. The molecule has 4 heteroatoms. The lowest BCUT2D eigenvalue weighted by atomic mass is 9.89. The summed E-state index contributed by atoms with van der Waals surface area (Å²) in [6.45, 7) is 3.58. The van der Waals surface area contributed by atoms with E-state index >= 15 is 0 Å². The van der Waals surface area contributed by atoms with Crippen molar-refractivity contribution in [3.63, 3.8) is 0 Å². The average Bonchev–Trinajstić information content (AvgIpc) is 2.48. The number of anilines is 1. The highest BCUT2D eigenvalue weighted by Gasteiger charge is 2.30. The third-order valence-corrected chi connectivity index (χ3v) is 4.46. The summed E-state index contributed by atoms with van der Waals surface area (Å²) in [5.41, 5.74) is 2.08. The predicted molar refractivity (Wildman–Crippen MR) is 77.2 cm³/mol. The minimum Gasteiger partial charge on any atom is -0.481 e. The van der Waals surface area contributed by atoms with Crippen LogP contribution in [0.15, 0.2) is 24.3 Å². The normalized spacial score (nSPS) is 23.4. The maximum atomic E-state index is 11.4. The van der Waals surface area contributed by atoms with Gasteiger partial charge in [-0.05, 0) is 36.8 Å². The first-order valence-electron chi connectivity index (χ1n) is 7.40. The minimum atomic E-state index is -0.705. The Kier molecular flexibility index (Phi) is 3.92. The standard InChI is InChI=1S/C16H21NO3/c18-16(19)14-5-8-17(11-12-6-9-20-10-7-12)15-4-2-1-3-13(14)15/h1-4,12,14H,5-11H2,(H,18,19). The molecule has 1 fully saturated rings. The largest absolute Gasteiger partial charge is 0.481 e. The van der Waals surface area contributed by atoms with Crippen molar-refractivity contribution < 1.29 is 14.6 Å². The van der Waals surface area contributed by atoms with Crippen LogP contribution in [0.2, 0.25) is 0 Å². The second-order valence-corrected chi connectivity index (χ2v) is 5.74. The van der Waals surface area contributed by atoms with Crippen molar-refractivity contribution >= 4 is 11.7 Å². The summed E-state index contributed by atoms with van der Waals surface area (Å²) in [4.78, 5) is 13.7. The number of nitrogens with zero attached hydrogens (tertiary/aromatic N) is 1. The van der Waals surface area contributed by atoms with Crippen LogP contribution in [0, 0.1) is 5.92 Å². The Hall–Kier alpha value is -1.55. The van der Waals surface area contributed by atoms with E-state index < -0.39 is 5.97 Å². The Morgan fingerprint density at radius 1 is 1.25 bits per heavy atom. The van der Waals surface area contributed by atoms with Gasteiger partial charge in [0.25, 0.3) is 0 Å². The van der Waals surface area contributed by atoms with E-state index in [1.54, 1.807) is 0 Å². The van der Waals surface area contributed by atoms with Gasteiger partial charge in [-0.3, -0.25) is 4.79 Å². The number of para-hydroxylation sites is 1. The van der Waals surface area contributed by atoms with Gasteiger partial charge >= 0.3 is 5.97 Å². The number of hydrogen-bond acceptors (Lipinski definition) is 3. The fourth-order valence-corrected chi connectivity index (χ4v) is 3.32. The number of benzene rings is 1. The molecule has 0 aliphatic carbocycles. The Labute approximate surface area is 119 Å². The van der Waals surface area contributed by atoms with Crippen LogP contribution in [0.3, 0.4) is 0 Å². The quantitative estimate of drug-likeness (QED) is 0.920. The highest BCUT2D eigenvalue weighted by Crippen LogP contribution is 2.36. The summed E-state index contributed by atoms with van der Waals surface area (Å²) in [5.74, 6) is -0.390. The van der Waals surface area contributed by atoms with Crippen LogP contribution in [0.4, 0.5) is 5.69 Å². The summed E-state index contributed by atoms with van der Waals surface area (Å²) in [6, 6.07) is 7.96. The maximum Gasteiger partial charge on any atom is 0.311 e. The molecular formula is C16H21NO3. The lowest BCUT2D eigenvalue weighted by Gasteiger charge is -2.37. The van der Waals surface area contributed by atoms with Gasteiger partial charge in [-0.25, -0.2) is 0 Å². The van der Waals surface area contributed by atoms with E-state index in [1.165, 1.54) is 0 Å². The summed E-state index contributed by atoms with van der Waals surface area (Å²) in [5, 5.41) is 9.36. The van der Waals surface area contributed by atoms with Gasteiger partial charge in [0, 0.05) is 32.0 Å². The number of fused-ring (bicyclic) bond motifs is 1. The third-order valence-electron chi connectivity index (χ3n) is 4.46. The first kappa shape index (κ1) is 13.4. The van der Waals surface area contributed by atoms with Gasteiger partial charge in [-0.2, -0.15) is 0 Å². The zero-order valence-corrected chi connectivity index (χ0v) is 11.6. The van der Waals surface area contributed by atoms with Crippen molar-refractivity contribution in [2.24, 2.45) is 5.92 Å². The zero-order chi connectivity index (χ0) is 13.9. The van der Waals surface area contributed by atoms with Crippen LogP contribution >= 0.6 is 0 Å². The molecule has 0 spiro atoms. The van der Waals surface area contributed by atoms with Crippen molar-refractivity contribution in [1.82, 2.24) is 0 Å². The van der Waals surface area contributed by atoms with Crippen molar-refractivity contribution in [2.45, 2.75) is 25.2 Å². The predicted octanol–water partition coefficient (Wildman–Crippen LogP) is 2.49. The molecule has 1 unspecified atom stereocenters. The van der Waals surface area contributed by atoms with Gasteiger partial charge < -0.3 is 14.7 Å². The summed E-state index contributed by atoms with van der Waals surface area (Å²) in [6.07, 6.45) is 2.93. The first-order valence-corrected chi connectivity index (χ1v) is 7.40. The smallest absolute Gasteiger partial charge is 0.311 e. The Morgan fingerprint density at radius 2 is 2.00 bits per heavy atom. The van der Waals surface area contributed by atoms with Gasteiger partial charge in [-0.15, -0.1) is 0 Å². The molecule has 0 bridgehead atoms. The number of aliphatic carboxylic acids is 1. The van der Waals surface area contributed by atoms with Crippen LogP contribution in [0.25, 0.3) is 0 Å². The summed E-state index contributed by atoms with van der Waals surface area (Å²) < 4.78 is 5.41. The SMILES string of the molecule is O=C(O)C1CCN(CC2CCOCC2)c2ccccc21. The van der Waals surface area contributed by atoms with Crippen LogP contribution in [0.1, 0.15) is 30.7 Å². The molecule has 1 saturated heterocycles. The highest BCUT2D eigenvalue weighted by atomic mass is 16.5. The molecule has 0 amide bonds. The molecule has 3 rings (SSSR count). The first-order chi connectivity index (χ1) is 9.75. The molecular weight excluding hydrogens is 254 g/mol. The van der Waals surface area contributed by atoms with E-state index in [1.807, 2.05) is 18.2 Å². The fourth-order valence-electron chi connectivity index (χ4n) is 3.32. The van der Waals surface area contributed by atoms with Gasteiger partial charge in [0.15, 0.2) is 0 Å². The van der Waals surface area contributed by atoms with Crippen LogP contribution in [-0.4, -0.2) is 37.4 Å². The number of ether oxygens (including phenoxy) is 1. The van der Waals surface area contributed by atoms with Gasteiger partial charge in [-0.1, -0.05) is 18.2 Å². The third kappa shape index (κ3) is 2.66. The van der Waals surface area contributed by atoms with Crippen molar-refractivity contribution in [1.29, 1.82) is 0 Å². The average molecular weight is 275 g/mol. The van der Waals surface area contributed by atoms with E-state index in [0.29, 0.717) is 12.3 Å². The van der Waals surface area contributed by atoms with E-state index in [-0.39, 0.29) is 5.92 Å². The summed E-state index contributed by atoms with van der Waals surface area (Å²) in [7, 11) is 0. The van der Waals surface area contributed by atoms with Gasteiger partial charge in [0.05, 0.1) is 5.92 Å². The van der Waals surface area contributed by atoms with Crippen molar-refractivity contribution in [3.8, 4) is 0 Å². The molecule has 1 aromatic rings. The minimum absolute atomic E-state index is 0.350. The number of carboxylic acids is 1. The fraction of sp³-hybridized carbons (Fsp3) is 0.562. The molecule has 0 saturated carbocycles. The van der Waals surface area contributed by atoms with Gasteiger partial charge in [0.1, 0.15) is 0 Å². The topological polar surface area (TPSA) is 49.8 Å². The molecule has 108 valence electrons. The molecule has 2 aliphatic heterocycles. The Morgan fingerprint density at radius 3 is 2.75 bits per heavy atom. The highest BCUT2D eigenvalue weighted by molar-refractivity contribution is 5.80. The molecule has 1 atom stereocenters. The van der Waals surface area contributed by atoms with Crippen LogP contribution in [0.5, 0.6) is 0 Å². The summed E-state index contributed by atoms with van der Waals surface area (Å²) >= 11 is 0. The van der Waals surface area contributed by atoms with Crippen molar-refractivity contribution in [2.75, 3.05) is 31.2 Å². The Bertz CT molecular complexity index is 482. The lowest BCUT2D eigenvalue weighted by molar-refractivity contribution is -0.139. The number of rotatable bonds is 3. The lowest BCUT2D eigenvalue weighted by Crippen LogP contribution is -2.38. The molecule has 2 aliphatic rings. The Balaban J connectivity index is 1.79. The molecule has 2 heterocycles. The molecule has 1 aromatic carbocycles. The van der Waals surface area contributed by atoms with E-state index in [9.17, 15) is 9.90 Å². The van der Waals surface area contributed by atoms with E-state index in [0.717, 1.165) is 50.4 Å². The van der Waals surface area contributed by atoms with Gasteiger partial charge in [0.2, 0.25) is 0 Å². The van der Waals surface area contributed by atoms with Crippen LogP contribution in [-0.2, 0) is 9.53 Å². The maximum absolute atomic E-state index is 11.4. The monoisotopic (exact) mass is 275 g/mol. The van der Waals surface area contributed by atoms with E-state index in [2.05, 4.69) is 11.0 Å². The van der Waals surface area contributed by atoms with Crippen molar-refractivity contribution in [3.05, 3.63) is 29.8 Å². The second-order valence-electron chi connectivity index (χ2n) is 5.74. The van der Waals surface area contributed by atoms with Crippen LogP contribution < -0.4 is 4.90 Å².